The highest BCUT2D eigenvalue weighted by atomic mass is 16.5. The largest absolute Gasteiger partial charge is 0.462 e. The number of imidazole rings is 1. The molecule has 0 bridgehead atoms. The fourth-order valence-corrected chi connectivity index (χ4v) is 2.06. The van der Waals surface area contributed by atoms with E-state index in [1.807, 2.05) is 16.8 Å². The first-order valence-electron chi connectivity index (χ1n) is 6.76. The Morgan fingerprint density at radius 1 is 1.40 bits per heavy atom. The number of aromatic nitrogens is 2. The predicted molar refractivity (Wildman–Crippen MR) is 77.9 cm³/mol. The molecular formula is C15H19N3O2. The maximum atomic E-state index is 11.9. The van der Waals surface area contributed by atoms with E-state index < -0.39 is 5.97 Å². The van der Waals surface area contributed by atoms with E-state index in [4.69, 9.17) is 10.5 Å². The molecule has 0 aliphatic carbocycles. The van der Waals surface area contributed by atoms with Gasteiger partial charge in [0.05, 0.1) is 12.2 Å². The van der Waals surface area contributed by atoms with Crippen molar-refractivity contribution in [3.05, 3.63) is 42.0 Å². The van der Waals surface area contributed by atoms with Gasteiger partial charge in [-0.15, -0.1) is 0 Å². The second-order valence-electron chi connectivity index (χ2n) is 4.46. The fourth-order valence-electron chi connectivity index (χ4n) is 2.06. The van der Waals surface area contributed by atoms with Gasteiger partial charge in [-0.1, -0.05) is 6.92 Å². The third-order valence-corrected chi connectivity index (χ3v) is 3.00. The van der Waals surface area contributed by atoms with Crippen molar-refractivity contribution in [1.29, 1.82) is 0 Å². The number of benzene rings is 1. The number of nitrogens with two attached hydrogens (primary N) is 1. The monoisotopic (exact) mass is 273 g/mol. The predicted octanol–water partition coefficient (Wildman–Crippen LogP) is 2.58. The zero-order chi connectivity index (χ0) is 14.5. The molecule has 0 amide bonds. The van der Waals surface area contributed by atoms with E-state index >= 15 is 0 Å². The van der Waals surface area contributed by atoms with Crippen molar-refractivity contribution >= 4 is 11.7 Å². The highest BCUT2D eigenvalue weighted by Gasteiger charge is 2.13. The van der Waals surface area contributed by atoms with Crippen molar-refractivity contribution in [2.24, 2.45) is 0 Å². The van der Waals surface area contributed by atoms with Gasteiger partial charge in [-0.2, -0.15) is 0 Å². The Labute approximate surface area is 118 Å². The Bertz CT molecular complexity index is 605. The summed E-state index contributed by atoms with van der Waals surface area (Å²) in [6, 6.07) is 5.34. The number of ether oxygens (including phenoxy) is 1. The molecule has 0 saturated carbocycles. The van der Waals surface area contributed by atoms with Gasteiger partial charge < -0.3 is 15.0 Å². The van der Waals surface area contributed by atoms with Gasteiger partial charge in [0.1, 0.15) is 5.82 Å². The number of carbonyl (C=O) groups is 1. The van der Waals surface area contributed by atoms with Crippen LogP contribution in [0, 0.1) is 0 Å². The van der Waals surface area contributed by atoms with Gasteiger partial charge in [0.25, 0.3) is 0 Å². The van der Waals surface area contributed by atoms with Crippen LogP contribution in [0.15, 0.2) is 30.6 Å². The molecule has 2 aromatic rings. The van der Waals surface area contributed by atoms with E-state index in [1.165, 1.54) is 0 Å². The molecule has 0 fully saturated rings. The zero-order valence-electron chi connectivity index (χ0n) is 11.8. The quantitative estimate of drug-likeness (QED) is 0.671. The molecule has 1 aromatic heterocycles. The molecule has 1 aromatic carbocycles. The van der Waals surface area contributed by atoms with Crippen LogP contribution in [0.3, 0.4) is 0 Å². The number of rotatable bonds is 5. The topological polar surface area (TPSA) is 70.1 Å². The average molecular weight is 273 g/mol. The number of anilines is 1. The average Bonchev–Trinajstić information content (AvgIpc) is 2.88. The molecule has 0 radical (unpaired) electrons. The van der Waals surface area contributed by atoms with E-state index in [-0.39, 0.29) is 0 Å². The Hall–Kier alpha value is -2.30. The van der Waals surface area contributed by atoms with Crippen LogP contribution in [0.2, 0.25) is 0 Å². The minimum absolute atomic E-state index is 0.328. The Morgan fingerprint density at radius 2 is 2.20 bits per heavy atom. The number of esters is 1. The Morgan fingerprint density at radius 3 is 2.90 bits per heavy atom. The van der Waals surface area contributed by atoms with Gasteiger partial charge in [-0.05, 0) is 31.5 Å². The van der Waals surface area contributed by atoms with Crippen LogP contribution >= 0.6 is 0 Å². The summed E-state index contributed by atoms with van der Waals surface area (Å²) in [6.45, 7) is 4.20. The summed E-state index contributed by atoms with van der Waals surface area (Å²) in [6.07, 6.45) is 5.53. The SMILES string of the molecule is CCCc1nccn1-c1ccc(N)c(C(=O)OCC)c1. The van der Waals surface area contributed by atoms with E-state index in [0.717, 1.165) is 24.4 Å². The zero-order valence-corrected chi connectivity index (χ0v) is 11.8. The molecule has 0 saturated heterocycles. The second-order valence-corrected chi connectivity index (χ2v) is 4.46. The Balaban J connectivity index is 2.40. The van der Waals surface area contributed by atoms with E-state index in [1.54, 1.807) is 25.3 Å². The van der Waals surface area contributed by atoms with Gasteiger partial charge in [0, 0.05) is 30.2 Å². The molecule has 0 aliphatic heterocycles. The number of hydrogen-bond acceptors (Lipinski definition) is 4. The van der Waals surface area contributed by atoms with Crippen LogP contribution in [0.25, 0.3) is 5.69 Å². The Kier molecular flexibility index (Phi) is 4.40. The number of aryl methyl sites for hydroxylation is 1. The molecule has 5 heteroatoms. The third-order valence-electron chi connectivity index (χ3n) is 3.00. The van der Waals surface area contributed by atoms with E-state index in [2.05, 4.69) is 11.9 Å². The van der Waals surface area contributed by atoms with Crippen LogP contribution in [-0.2, 0) is 11.2 Å². The summed E-state index contributed by atoms with van der Waals surface area (Å²) in [5, 5.41) is 0. The highest BCUT2D eigenvalue weighted by molar-refractivity contribution is 5.95. The number of nitrogens with zero attached hydrogens (tertiary/aromatic N) is 2. The lowest BCUT2D eigenvalue weighted by Gasteiger charge is -2.11. The standard InChI is InChI=1S/C15H19N3O2/c1-3-5-14-17-8-9-18(14)11-6-7-13(16)12(10-11)15(19)20-4-2/h6-10H,3-5,16H2,1-2H3. The lowest BCUT2D eigenvalue weighted by molar-refractivity contribution is 0.0527. The maximum Gasteiger partial charge on any atom is 0.340 e. The van der Waals surface area contributed by atoms with E-state index in [0.29, 0.717) is 17.9 Å². The molecule has 0 unspecified atom stereocenters. The van der Waals surface area contributed by atoms with Crippen molar-refractivity contribution in [2.75, 3.05) is 12.3 Å². The van der Waals surface area contributed by atoms with Crippen LogP contribution < -0.4 is 5.73 Å². The van der Waals surface area contributed by atoms with Gasteiger partial charge in [-0.3, -0.25) is 0 Å². The van der Waals surface area contributed by atoms with Crippen molar-refractivity contribution in [2.45, 2.75) is 26.7 Å². The maximum absolute atomic E-state index is 11.9. The summed E-state index contributed by atoms with van der Waals surface area (Å²) in [4.78, 5) is 16.2. The van der Waals surface area contributed by atoms with Gasteiger partial charge in [0.2, 0.25) is 0 Å². The molecule has 0 aliphatic rings. The van der Waals surface area contributed by atoms with Gasteiger partial charge in [0.15, 0.2) is 0 Å². The summed E-state index contributed by atoms with van der Waals surface area (Å²) >= 11 is 0. The molecule has 20 heavy (non-hydrogen) atoms. The van der Waals surface area contributed by atoms with Crippen molar-refractivity contribution in [3.8, 4) is 5.69 Å². The van der Waals surface area contributed by atoms with Crippen LogP contribution in [0.1, 0.15) is 36.5 Å². The first-order valence-corrected chi connectivity index (χ1v) is 6.76. The van der Waals surface area contributed by atoms with Crippen molar-refractivity contribution in [3.63, 3.8) is 0 Å². The molecule has 106 valence electrons. The first kappa shape index (κ1) is 14.1. The number of hydrogen-bond donors (Lipinski definition) is 1. The second kappa shape index (κ2) is 6.23. The summed E-state index contributed by atoms with van der Waals surface area (Å²) in [5.41, 5.74) is 7.52. The summed E-state index contributed by atoms with van der Waals surface area (Å²) in [5.74, 6) is 0.566. The third kappa shape index (κ3) is 2.82. The smallest absolute Gasteiger partial charge is 0.340 e. The lowest BCUT2D eigenvalue weighted by atomic mass is 10.1. The van der Waals surface area contributed by atoms with Crippen molar-refractivity contribution in [1.82, 2.24) is 9.55 Å². The fraction of sp³-hybridized carbons (Fsp3) is 0.333. The minimum atomic E-state index is -0.399. The normalized spacial score (nSPS) is 10.5. The molecule has 0 atom stereocenters. The minimum Gasteiger partial charge on any atom is -0.462 e. The molecular weight excluding hydrogens is 254 g/mol. The lowest BCUT2D eigenvalue weighted by Crippen LogP contribution is -2.09. The van der Waals surface area contributed by atoms with Crippen molar-refractivity contribution < 1.29 is 9.53 Å². The van der Waals surface area contributed by atoms with Crippen LogP contribution in [-0.4, -0.2) is 22.1 Å². The van der Waals surface area contributed by atoms with E-state index in [9.17, 15) is 4.79 Å². The molecule has 1 heterocycles. The molecule has 2 rings (SSSR count). The summed E-state index contributed by atoms with van der Waals surface area (Å²) in [7, 11) is 0. The number of carbonyl (C=O) groups excluding carboxylic acids is 1. The van der Waals surface area contributed by atoms with Crippen LogP contribution in [0.5, 0.6) is 0 Å². The molecule has 2 N–H and O–H groups in total. The molecule has 0 spiro atoms. The molecule has 5 nitrogen and oxygen atoms in total. The highest BCUT2D eigenvalue weighted by Crippen LogP contribution is 2.20. The van der Waals surface area contributed by atoms with Gasteiger partial charge >= 0.3 is 5.97 Å². The van der Waals surface area contributed by atoms with Gasteiger partial charge in [-0.25, -0.2) is 9.78 Å². The number of nitrogen functional groups attached to an aromatic ring is 1. The van der Waals surface area contributed by atoms with Crippen LogP contribution in [0.4, 0.5) is 5.69 Å². The summed E-state index contributed by atoms with van der Waals surface area (Å²) < 4.78 is 6.98. The first-order chi connectivity index (χ1) is 9.67.